The fourth-order valence-electron chi connectivity index (χ4n) is 3.20. The molecule has 1 saturated carbocycles. The highest BCUT2D eigenvalue weighted by atomic mass is 79.9. The lowest BCUT2D eigenvalue weighted by Crippen LogP contribution is -2.18. The summed E-state index contributed by atoms with van der Waals surface area (Å²) in [6, 6.07) is 6.45. The third-order valence-electron chi connectivity index (χ3n) is 4.16. The van der Waals surface area contributed by atoms with Gasteiger partial charge in [0.2, 0.25) is 0 Å². The van der Waals surface area contributed by atoms with E-state index in [2.05, 4.69) is 58.5 Å². The molecule has 0 aliphatic heterocycles. The van der Waals surface area contributed by atoms with Crippen molar-refractivity contribution in [2.75, 3.05) is 11.9 Å². The van der Waals surface area contributed by atoms with Crippen LogP contribution in [-0.2, 0) is 0 Å². The van der Waals surface area contributed by atoms with Gasteiger partial charge in [0.15, 0.2) is 0 Å². The first kappa shape index (κ1) is 11.3. The number of allylic oxidation sites excluding steroid dienone is 2. The first-order valence-electron chi connectivity index (χ1n) is 6.41. The molecule has 17 heavy (non-hydrogen) atoms. The number of rotatable bonds is 3. The van der Waals surface area contributed by atoms with Crippen molar-refractivity contribution in [3.05, 3.63) is 40.4 Å². The maximum atomic E-state index is 3.61. The normalized spacial score (nSPS) is 29.9. The van der Waals surface area contributed by atoms with E-state index >= 15 is 0 Å². The Bertz CT molecular complexity index is 452. The van der Waals surface area contributed by atoms with Crippen LogP contribution in [0, 0.1) is 24.7 Å². The number of benzene rings is 1. The Hall–Kier alpha value is -0.760. The van der Waals surface area contributed by atoms with Gasteiger partial charge in [0, 0.05) is 16.7 Å². The van der Waals surface area contributed by atoms with Crippen LogP contribution in [0.15, 0.2) is 34.8 Å². The lowest BCUT2D eigenvalue weighted by molar-refractivity contribution is 0.472. The number of aryl methyl sites for hydroxylation is 1. The summed E-state index contributed by atoms with van der Waals surface area (Å²) in [5.74, 6) is 2.55. The first-order valence-corrected chi connectivity index (χ1v) is 7.20. The van der Waals surface area contributed by atoms with E-state index in [1.54, 1.807) is 0 Å². The number of anilines is 1. The van der Waals surface area contributed by atoms with Gasteiger partial charge >= 0.3 is 0 Å². The molecule has 0 radical (unpaired) electrons. The molecule has 1 aromatic carbocycles. The average Bonchev–Trinajstić information content (AvgIpc) is 2.89. The Labute approximate surface area is 111 Å². The summed E-state index contributed by atoms with van der Waals surface area (Å²) in [5, 5.41) is 3.61. The molecular formula is C15H18BrN. The molecule has 0 amide bonds. The zero-order valence-electron chi connectivity index (χ0n) is 10.1. The van der Waals surface area contributed by atoms with Crippen LogP contribution in [0.1, 0.15) is 18.4 Å². The second-order valence-electron chi connectivity index (χ2n) is 5.38. The van der Waals surface area contributed by atoms with Crippen molar-refractivity contribution in [1.82, 2.24) is 0 Å². The molecule has 1 nitrogen and oxygen atoms in total. The van der Waals surface area contributed by atoms with Gasteiger partial charge in [-0.2, -0.15) is 0 Å². The molecule has 2 bridgehead atoms. The Morgan fingerprint density at radius 1 is 1.29 bits per heavy atom. The molecule has 0 spiro atoms. The smallest absolute Gasteiger partial charge is 0.0370 e. The van der Waals surface area contributed by atoms with Gasteiger partial charge in [0.05, 0.1) is 0 Å². The van der Waals surface area contributed by atoms with E-state index < -0.39 is 0 Å². The maximum Gasteiger partial charge on any atom is 0.0370 e. The molecule has 90 valence electrons. The summed E-state index contributed by atoms with van der Waals surface area (Å²) in [7, 11) is 0. The molecule has 1 fully saturated rings. The third kappa shape index (κ3) is 2.28. The van der Waals surface area contributed by atoms with E-state index in [0.717, 1.165) is 28.8 Å². The van der Waals surface area contributed by atoms with Crippen molar-refractivity contribution in [3.63, 3.8) is 0 Å². The SMILES string of the molecule is Cc1cc(Br)ccc1NCC1CC2C=CC1C2. The van der Waals surface area contributed by atoms with Gasteiger partial charge in [-0.05, 0) is 61.3 Å². The zero-order valence-corrected chi connectivity index (χ0v) is 11.7. The van der Waals surface area contributed by atoms with Crippen molar-refractivity contribution >= 4 is 21.6 Å². The van der Waals surface area contributed by atoms with E-state index in [1.165, 1.54) is 24.1 Å². The monoisotopic (exact) mass is 291 g/mol. The molecule has 3 atom stereocenters. The largest absolute Gasteiger partial charge is 0.385 e. The molecule has 0 saturated heterocycles. The highest BCUT2D eigenvalue weighted by Gasteiger charge is 2.35. The van der Waals surface area contributed by atoms with Crippen molar-refractivity contribution in [2.24, 2.45) is 17.8 Å². The molecule has 2 aliphatic rings. The van der Waals surface area contributed by atoms with Crippen LogP contribution < -0.4 is 5.32 Å². The number of hydrogen-bond donors (Lipinski definition) is 1. The fraction of sp³-hybridized carbons (Fsp3) is 0.467. The average molecular weight is 292 g/mol. The topological polar surface area (TPSA) is 12.0 Å². The summed E-state index contributed by atoms with van der Waals surface area (Å²) >= 11 is 3.50. The summed E-state index contributed by atoms with van der Waals surface area (Å²) in [6.45, 7) is 3.28. The van der Waals surface area contributed by atoms with Gasteiger partial charge in [-0.3, -0.25) is 0 Å². The van der Waals surface area contributed by atoms with Crippen LogP contribution in [0.2, 0.25) is 0 Å². The molecule has 1 N–H and O–H groups in total. The number of nitrogens with one attached hydrogen (secondary N) is 1. The summed E-state index contributed by atoms with van der Waals surface area (Å²) in [5.41, 5.74) is 2.60. The van der Waals surface area contributed by atoms with Gasteiger partial charge in [0.1, 0.15) is 0 Å². The Kier molecular flexibility index (Phi) is 2.99. The summed E-state index contributed by atoms with van der Waals surface area (Å²) < 4.78 is 1.16. The minimum absolute atomic E-state index is 0.836. The zero-order chi connectivity index (χ0) is 11.8. The van der Waals surface area contributed by atoms with Gasteiger partial charge in [0.25, 0.3) is 0 Å². The van der Waals surface area contributed by atoms with Crippen molar-refractivity contribution in [3.8, 4) is 0 Å². The standard InChI is InChI=1S/C15H18BrN/c1-10-6-14(16)4-5-15(10)17-9-13-8-11-2-3-12(13)7-11/h2-6,11-13,17H,7-9H2,1H3. The number of fused-ring (bicyclic) bond motifs is 2. The third-order valence-corrected chi connectivity index (χ3v) is 4.65. The van der Waals surface area contributed by atoms with E-state index in [0.29, 0.717) is 0 Å². The second-order valence-corrected chi connectivity index (χ2v) is 6.30. The minimum atomic E-state index is 0.836. The van der Waals surface area contributed by atoms with E-state index in [1.807, 2.05) is 0 Å². The highest BCUT2D eigenvalue weighted by Crippen LogP contribution is 2.43. The lowest BCUT2D eigenvalue weighted by Gasteiger charge is -2.20. The van der Waals surface area contributed by atoms with E-state index in [-0.39, 0.29) is 0 Å². The molecule has 0 aromatic heterocycles. The minimum Gasteiger partial charge on any atom is -0.385 e. The van der Waals surface area contributed by atoms with Gasteiger partial charge < -0.3 is 5.32 Å². The van der Waals surface area contributed by atoms with Crippen LogP contribution in [0.5, 0.6) is 0 Å². The Morgan fingerprint density at radius 2 is 2.18 bits per heavy atom. The van der Waals surface area contributed by atoms with Crippen LogP contribution in [0.25, 0.3) is 0 Å². The van der Waals surface area contributed by atoms with Crippen LogP contribution in [-0.4, -0.2) is 6.54 Å². The van der Waals surface area contributed by atoms with Gasteiger partial charge in [-0.25, -0.2) is 0 Å². The van der Waals surface area contributed by atoms with Crippen molar-refractivity contribution in [2.45, 2.75) is 19.8 Å². The summed E-state index contributed by atoms with van der Waals surface area (Å²) in [4.78, 5) is 0. The maximum absolute atomic E-state index is 3.61. The van der Waals surface area contributed by atoms with E-state index in [9.17, 15) is 0 Å². The molecular weight excluding hydrogens is 274 g/mol. The highest BCUT2D eigenvalue weighted by molar-refractivity contribution is 9.10. The predicted octanol–water partition coefficient (Wildman–Crippen LogP) is 4.38. The number of hydrogen-bond acceptors (Lipinski definition) is 1. The molecule has 1 aromatic rings. The Balaban J connectivity index is 1.62. The first-order chi connectivity index (χ1) is 8.22. The molecule has 2 aliphatic carbocycles. The van der Waals surface area contributed by atoms with Crippen LogP contribution >= 0.6 is 15.9 Å². The van der Waals surface area contributed by atoms with Gasteiger partial charge in [-0.15, -0.1) is 0 Å². The summed E-state index contributed by atoms with van der Waals surface area (Å²) in [6.07, 6.45) is 7.61. The van der Waals surface area contributed by atoms with E-state index in [4.69, 9.17) is 0 Å². The molecule has 0 heterocycles. The number of halogens is 1. The second kappa shape index (κ2) is 4.49. The molecule has 2 heteroatoms. The van der Waals surface area contributed by atoms with Gasteiger partial charge in [-0.1, -0.05) is 28.1 Å². The Morgan fingerprint density at radius 3 is 2.82 bits per heavy atom. The molecule has 3 unspecified atom stereocenters. The van der Waals surface area contributed by atoms with Crippen molar-refractivity contribution in [1.29, 1.82) is 0 Å². The van der Waals surface area contributed by atoms with Crippen molar-refractivity contribution < 1.29 is 0 Å². The fourth-order valence-corrected chi connectivity index (χ4v) is 3.67. The molecule has 3 rings (SSSR count). The lowest BCUT2D eigenvalue weighted by atomic mass is 9.93. The van der Waals surface area contributed by atoms with Crippen LogP contribution in [0.3, 0.4) is 0 Å². The van der Waals surface area contributed by atoms with Crippen LogP contribution in [0.4, 0.5) is 5.69 Å². The predicted molar refractivity (Wildman–Crippen MR) is 76.2 cm³/mol. The quantitative estimate of drug-likeness (QED) is 0.815.